The van der Waals surface area contributed by atoms with E-state index in [1.807, 2.05) is 0 Å². The molecule has 0 saturated carbocycles. The normalized spacial score (nSPS) is 15.5. The lowest BCUT2D eigenvalue weighted by Gasteiger charge is -2.33. The number of hydrogen-bond acceptors (Lipinski definition) is 2. The van der Waals surface area contributed by atoms with Gasteiger partial charge in [-0.1, -0.05) is 17.7 Å². The van der Waals surface area contributed by atoms with Gasteiger partial charge in [-0.05, 0) is 12.1 Å². The summed E-state index contributed by atoms with van der Waals surface area (Å²) >= 11 is 5.85. The van der Waals surface area contributed by atoms with Crippen LogP contribution < -0.4 is 5.73 Å². The van der Waals surface area contributed by atoms with Crippen molar-refractivity contribution < 1.29 is 14.0 Å². The zero-order chi connectivity index (χ0) is 14.0. The Hall–Kier alpha value is -1.82. The second-order valence-electron chi connectivity index (χ2n) is 4.21. The van der Waals surface area contributed by atoms with Gasteiger partial charge in [0.05, 0.1) is 10.6 Å². The van der Waals surface area contributed by atoms with E-state index in [-0.39, 0.29) is 10.6 Å². The van der Waals surface area contributed by atoms with Crippen molar-refractivity contribution in [2.24, 2.45) is 5.73 Å². The van der Waals surface area contributed by atoms with Crippen LogP contribution in [-0.2, 0) is 0 Å². The minimum absolute atomic E-state index is 0.0855. The minimum atomic E-state index is -0.644. The average Bonchev–Trinajstić information content (AvgIpc) is 2.38. The highest BCUT2D eigenvalue weighted by Crippen LogP contribution is 2.21. The SMILES string of the molecule is NC(=O)N1CCN(C(=O)c2c(F)cccc2Cl)CC1. The Morgan fingerprint density at radius 3 is 2.26 bits per heavy atom. The van der Waals surface area contributed by atoms with Gasteiger partial charge in [-0.25, -0.2) is 9.18 Å². The largest absolute Gasteiger partial charge is 0.351 e. The Morgan fingerprint density at radius 1 is 1.16 bits per heavy atom. The molecule has 1 aromatic carbocycles. The van der Waals surface area contributed by atoms with Gasteiger partial charge < -0.3 is 15.5 Å². The van der Waals surface area contributed by atoms with Crippen molar-refractivity contribution in [3.05, 3.63) is 34.6 Å². The number of carbonyl (C=O) groups is 2. The maximum absolute atomic E-state index is 13.6. The van der Waals surface area contributed by atoms with Gasteiger partial charge in [0, 0.05) is 26.2 Å². The molecule has 2 N–H and O–H groups in total. The molecule has 1 aliphatic rings. The summed E-state index contributed by atoms with van der Waals surface area (Å²) in [4.78, 5) is 26.1. The standard InChI is InChI=1S/C12H13ClFN3O2/c13-8-2-1-3-9(14)10(8)11(18)16-4-6-17(7-5-16)12(15)19/h1-3H,4-7H2,(H2,15,19). The molecule has 102 valence electrons. The lowest BCUT2D eigenvalue weighted by atomic mass is 10.1. The molecule has 1 heterocycles. The zero-order valence-electron chi connectivity index (χ0n) is 10.1. The second kappa shape index (κ2) is 5.44. The predicted molar refractivity (Wildman–Crippen MR) is 68.5 cm³/mol. The molecule has 1 saturated heterocycles. The van der Waals surface area contributed by atoms with Gasteiger partial charge >= 0.3 is 6.03 Å². The first kappa shape index (κ1) is 13.6. The Morgan fingerprint density at radius 2 is 1.74 bits per heavy atom. The summed E-state index contributed by atoms with van der Waals surface area (Å²) in [7, 11) is 0. The fourth-order valence-electron chi connectivity index (χ4n) is 1.99. The van der Waals surface area contributed by atoms with Crippen molar-refractivity contribution in [3.8, 4) is 0 Å². The summed E-state index contributed by atoms with van der Waals surface area (Å²) in [5, 5.41) is 0.0855. The van der Waals surface area contributed by atoms with Crippen LogP contribution in [0.3, 0.4) is 0 Å². The van der Waals surface area contributed by atoms with Crippen molar-refractivity contribution in [1.82, 2.24) is 9.80 Å². The van der Waals surface area contributed by atoms with Crippen LogP contribution in [0.4, 0.5) is 9.18 Å². The molecule has 1 aromatic rings. The van der Waals surface area contributed by atoms with Crippen molar-refractivity contribution >= 4 is 23.5 Å². The number of nitrogens with zero attached hydrogens (tertiary/aromatic N) is 2. The number of nitrogens with two attached hydrogens (primary N) is 1. The number of carbonyl (C=O) groups excluding carboxylic acids is 2. The Bertz CT molecular complexity index is 495. The van der Waals surface area contributed by atoms with Gasteiger partial charge in [0.25, 0.3) is 5.91 Å². The highest BCUT2D eigenvalue weighted by molar-refractivity contribution is 6.33. The molecule has 19 heavy (non-hydrogen) atoms. The van der Waals surface area contributed by atoms with Gasteiger partial charge in [0.2, 0.25) is 0 Å². The third-order valence-corrected chi connectivity index (χ3v) is 3.37. The van der Waals surface area contributed by atoms with Crippen LogP contribution >= 0.6 is 11.6 Å². The number of halogens is 2. The molecule has 0 radical (unpaired) electrons. The van der Waals surface area contributed by atoms with Crippen molar-refractivity contribution in [2.45, 2.75) is 0 Å². The highest BCUT2D eigenvalue weighted by atomic mass is 35.5. The van der Waals surface area contributed by atoms with Crippen LogP contribution in [0, 0.1) is 5.82 Å². The molecule has 3 amide bonds. The molecule has 7 heteroatoms. The lowest BCUT2D eigenvalue weighted by Crippen LogP contribution is -2.52. The monoisotopic (exact) mass is 285 g/mol. The lowest BCUT2D eigenvalue weighted by molar-refractivity contribution is 0.0665. The summed E-state index contributed by atoms with van der Waals surface area (Å²) in [6.45, 7) is 1.30. The topological polar surface area (TPSA) is 66.6 Å². The average molecular weight is 286 g/mol. The maximum atomic E-state index is 13.6. The van der Waals surface area contributed by atoms with Crippen LogP contribution in [0.2, 0.25) is 5.02 Å². The summed E-state index contributed by atoms with van der Waals surface area (Å²) in [5.41, 5.74) is 5.02. The second-order valence-corrected chi connectivity index (χ2v) is 4.62. The van der Waals surface area contributed by atoms with Gasteiger partial charge in [-0.3, -0.25) is 4.79 Å². The molecule has 0 spiro atoms. The van der Waals surface area contributed by atoms with E-state index in [0.29, 0.717) is 26.2 Å². The van der Waals surface area contributed by atoms with E-state index in [1.54, 1.807) is 0 Å². The molecule has 1 fully saturated rings. The number of rotatable bonds is 1. The Labute approximate surface area is 114 Å². The molecule has 1 aliphatic heterocycles. The molecule has 0 unspecified atom stereocenters. The number of piperazine rings is 1. The van der Waals surface area contributed by atoms with Crippen molar-refractivity contribution in [3.63, 3.8) is 0 Å². The van der Waals surface area contributed by atoms with Crippen LogP contribution in [0.15, 0.2) is 18.2 Å². The number of amides is 3. The van der Waals surface area contributed by atoms with Gasteiger partial charge in [0.1, 0.15) is 5.82 Å². The first-order valence-corrected chi connectivity index (χ1v) is 6.16. The molecule has 0 aliphatic carbocycles. The van der Waals surface area contributed by atoms with E-state index >= 15 is 0 Å². The minimum Gasteiger partial charge on any atom is -0.351 e. The summed E-state index contributed by atoms with van der Waals surface area (Å²) in [6.07, 6.45) is 0. The molecule has 2 rings (SSSR count). The fourth-order valence-corrected chi connectivity index (χ4v) is 2.23. The first-order valence-electron chi connectivity index (χ1n) is 5.78. The third kappa shape index (κ3) is 2.78. The van der Waals surface area contributed by atoms with E-state index < -0.39 is 17.8 Å². The predicted octanol–water partition coefficient (Wildman–Crippen LogP) is 1.32. The number of benzene rings is 1. The van der Waals surface area contributed by atoms with E-state index in [1.165, 1.54) is 28.0 Å². The van der Waals surface area contributed by atoms with Gasteiger partial charge in [-0.15, -0.1) is 0 Å². The number of primary amides is 1. The summed E-state index contributed by atoms with van der Waals surface area (Å²) in [6, 6.07) is 3.59. The van der Waals surface area contributed by atoms with Gasteiger partial charge in [0.15, 0.2) is 0 Å². The van der Waals surface area contributed by atoms with Crippen LogP contribution in [0.1, 0.15) is 10.4 Å². The molecule has 0 atom stereocenters. The summed E-state index contributed by atoms with van der Waals surface area (Å²) in [5.74, 6) is -1.11. The first-order chi connectivity index (χ1) is 9.00. The van der Waals surface area contributed by atoms with E-state index in [0.717, 1.165) is 0 Å². The van der Waals surface area contributed by atoms with E-state index in [4.69, 9.17) is 17.3 Å². The third-order valence-electron chi connectivity index (χ3n) is 3.06. The van der Waals surface area contributed by atoms with Crippen molar-refractivity contribution in [2.75, 3.05) is 26.2 Å². The van der Waals surface area contributed by atoms with Crippen molar-refractivity contribution in [1.29, 1.82) is 0 Å². The van der Waals surface area contributed by atoms with Crippen LogP contribution in [0.5, 0.6) is 0 Å². The van der Waals surface area contributed by atoms with Crippen LogP contribution in [-0.4, -0.2) is 47.9 Å². The molecule has 0 bridgehead atoms. The highest BCUT2D eigenvalue weighted by Gasteiger charge is 2.26. The number of hydrogen-bond donors (Lipinski definition) is 1. The molecular weight excluding hydrogens is 273 g/mol. The molecule has 0 aromatic heterocycles. The molecule has 5 nitrogen and oxygen atoms in total. The maximum Gasteiger partial charge on any atom is 0.314 e. The fraction of sp³-hybridized carbons (Fsp3) is 0.333. The van der Waals surface area contributed by atoms with Crippen LogP contribution in [0.25, 0.3) is 0 Å². The quantitative estimate of drug-likeness (QED) is 0.845. The Kier molecular flexibility index (Phi) is 3.90. The molecular formula is C12H13ClFN3O2. The Balaban J connectivity index is 2.12. The van der Waals surface area contributed by atoms with E-state index in [9.17, 15) is 14.0 Å². The smallest absolute Gasteiger partial charge is 0.314 e. The summed E-state index contributed by atoms with van der Waals surface area (Å²) < 4.78 is 13.6. The zero-order valence-corrected chi connectivity index (χ0v) is 10.9. The number of urea groups is 1. The van der Waals surface area contributed by atoms with E-state index in [2.05, 4.69) is 0 Å². The van der Waals surface area contributed by atoms with Gasteiger partial charge in [-0.2, -0.15) is 0 Å².